The van der Waals surface area contributed by atoms with Gasteiger partial charge >= 0.3 is 6.09 Å². The van der Waals surface area contributed by atoms with Gasteiger partial charge in [-0.25, -0.2) is 4.79 Å². The zero-order chi connectivity index (χ0) is 40.9. The second kappa shape index (κ2) is 17.9. The molecule has 3 unspecified atom stereocenters. The maximum Gasteiger partial charge on any atom is 0.408 e. The van der Waals surface area contributed by atoms with Crippen molar-refractivity contribution in [2.75, 3.05) is 27.2 Å². The van der Waals surface area contributed by atoms with Crippen molar-refractivity contribution in [1.82, 2.24) is 31.1 Å². The van der Waals surface area contributed by atoms with Gasteiger partial charge in [0.25, 0.3) is 5.91 Å². The van der Waals surface area contributed by atoms with Crippen LogP contribution >= 0.6 is 0 Å². The van der Waals surface area contributed by atoms with Crippen molar-refractivity contribution in [2.24, 2.45) is 17.8 Å². The zero-order valence-corrected chi connectivity index (χ0v) is 34.1. The van der Waals surface area contributed by atoms with Crippen molar-refractivity contribution >= 4 is 41.4 Å². The number of likely N-dealkylation sites (tertiary alicyclic amines) is 1. The van der Waals surface area contributed by atoms with Crippen LogP contribution < -0.4 is 21.3 Å². The first-order chi connectivity index (χ1) is 26.3. The van der Waals surface area contributed by atoms with Crippen molar-refractivity contribution in [3.63, 3.8) is 0 Å². The van der Waals surface area contributed by atoms with Gasteiger partial charge in [-0.05, 0) is 90.6 Å². The van der Waals surface area contributed by atoms with E-state index >= 15 is 0 Å². The number of likely N-dealkylation sites (N-methyl/N-ethyl adjacent to an activating group) is 1. The third-order valence-corrected chi connectivity index (χ3v) is 11.3. The first-order valence-electron chi connectivity index (χ1n) is 20.3. The topological polar surface area (TPSA) is 193 Å². The fourth-order valence-electron chi connectivity index (χ4n) is 8.48. The second-order valence-corrected chi connectivity index (χ2v) is 17.9. The summed E-state index contributed by atoms with van der Waals surface area (Å²) < 4.78 is 11.9. The van der Waals surface area contributed by atoms with E-state index in [-0.39, 0.29) is 36.6 Å². The van der Waals surface area contributed by atoms with Crippen LogP contribution in [0.3, 0.4) is 0 Å². The molecule has 2 saturated heterocycles. The highest BCUT2D eigenvalue weighted by atomic mass is 16.6. The lowest BCUT2D eigenvalue weighted by Gasteiger charge is -2.36. The number of rotatable bonds is 14. The van der Waals surface area contributed by atoms with Crippen molar-refractivity contribution < 1.29 is 43.0 Å². The van der Waals surface area contributed by atoms with Gasteiger partial charge in [0.2, 0.25) is 29.4 Å². The summed E-state index contributed by atoms with van der Waals surface area (Å²) >= 11 is 0. The molecular weight excluding hydrogens is 720 g/mol. The molecule has 0 aromatic heterocycles. The number of carbonyl (C=O) groups excluding carboxylic acids is 7. The van der Waals surface area contributed by atoms with Crippen LogP contribution in [0.25, 0.3) is 0 Å². The summed E-state index contributed by atoms with van der Waals surface area (Å²) in [5.74, 6) is -4.32. The molecule has 5 rings (SSSR count). The molecule has 4 fully saturated rings. The molecule has 15 nitrogen and oxygen atoms in total. The lowest BCUT2D eigenvalue weighted by atomic mass is 9.83. The number of ether oxygens (including phenoxy) is 2. The first-order valence-corrected chi connectivity index (χ1v) is 20.3. The molecule has 0 spiro atoms. The van der Waals surface area contributed by atoms with E-state index in [0.29, 0.717) is 12.0 Å². The van der Waals surface area contributed by atoms with Crippen LogP contribution in [-0.2, 0) is 38.2 Å². The fraction of sp³-hybridized carbons (Fsp3) is 0.732. The molecule has 0 bridgehead atoms. The number of carbonyl (C=O) groups is 7. The Hall–Kier alpha value is -4.27. The Balaban J connectivity index is 1.30. The highest BCUT2D eigenvalue weighted by Crippen LogP contribution is 2.44. The van der Waals surface area contributed by atoms with Gasteiger partial charge in [0.1, 0.15) is 23.7 Å². The fourth-order valence-corrected chi connectivity index (χ4v) is 8.48. The molecule has 2 aliphatic heterocycles. The van der Waals surface area contributed by atoms with Crippen LogP contribution in [0.5, 0.6) is 0 Å². The molecular formula is C41H62N6O9. The molecule has 310 valence electrons. The van der Waals surface area contributed by atoms with Gasteiger partial charge in [-0.2, -0.15) is 0 Å². The lowest BCUT2D eigenvalue weighted by molar-refractivity contribution is -0.145. The van der Waals surface area contributed by atoms with Gasteiger partial charge in [-0.3, -0.25) is 28.8 Å². The van der Waals surface area contributed by atoms with Crippen LogP contribution in [0, 0.1) is 17.8 Å². The SMILES string of the molecule is CN(C)C(=O)[C@@H](NC(=O)CNC(=O)C(=O)C(CC1CC1)NC(=O)[C@@H]1C2CC(C)(C)OC2CN1C(=O)[C@@H](NC(=O)OC(C)(C)C)C1CCCCC1)C1=CCCC=C1. The number of amides is 6. The average molecular weight is 783 g/mol. The highest BCUT2D eigenvalue weighted by molar-refractivity contribution is 6.38. The van der Waals surface area contributed by atoms with Crippen molar-refractivity contribution in [3.05, 3.63) is 23.8 Å². The van der Waals surface area contributed by atoms with Crippen LogP contribution in [-0.4, -0.2) is 120 Å². The predicted molar refractivity (Wildman–Crippen MR) is 207 cm³/mol. The number of alkyl carbamates (subject to hydrolysis) is 1. The van der Waals surface area contributed by atoms with E-state index in [9.17, 15) is 33.6 Å². The zero-order valence-electron chi connectivity index (χ0n) is 34.1. The Morgan fingerprint density at radius 2 is 1.66 bits per heavy atom. The van der Waals surface area contributed by atoms with Crippen LogP contribution in [0.4, 0.5) is 4.79 Å². The Morgan fingerprint density at radius 3 is 2.27 bits per heavy atom. The van der Waals surface area contributed by atoms with Crippen molar-refractivity contribution in [3.8, 4) is 0 Å². The number of nitrogens with one attached hydrogen (secondary N) is 4. The minimum Gasteiger partial charge on any atom is -0.444 e. The van der Waals surface area contributed by atoms with E-state index in [4.69, 9.17) is 9.47 Å². The van der Waals surface area contributed by atoms with E-state index in [0.717, 1.165) is 57.8 Å². The van der Waals surface area contributed by atoms with E-state index in [1.54, 1.807) is 40.9 Å². The molecule has 0 aromatic carbocycles. The van der Waals surface area contributed by atoms with E-state index in [2.05, 4.69) is 21.3 Å². The Morgan fingerprint density at radius 1 is 0.964 bits per heavy atom. The number of nitrogens with zero attached hydrogens (tertiary/aromatic N) is 2. The highest BCUT2D eigenvalue weighted by Gasteiger charge is 2.56. The van der Waals surface area contributed by atoms with Crippen LogP contribution in [0.2, 0.25) is 0 Å². The van der Waals surface area contributed by atoms with E-state index < -0.39 is 83.5 Å². The standard InChI is InChI=1S/C41H62N6O9/c1-40(2,3)56-39(54)45-32(26-16-12-9-13-17-26)38(53)47-23-29-27(21-41(4,5)55-29)33(47)35(50)43-28(20-24-18-19-24)34(49)36(51)42-22-30(48)44-31(37(52)46(6)7)25-14-10-8-11-15-25/h10,14-15,24,26-29,31-33H,8-9,11-13,16-23H2,1-7H3,(H,42,51)(H,43,50)(H,44,48)(H,45,54)/t27?,28?,29?,31-,32-,33-/m0/s1. The Kier molecular flexibility index (Phi) is 13.7. The molecule has 2 heterocycles. The van der Waals surface area contributed by atoms with Gasteiger partial charge in [0, 0.05) is 26.6 Å². The van der Waals surface area contributed by atoms with Gasteiger partial charge in [-0.15, -0.1) is 0 Å². The van der Waals surface area contributed by atoms with Crippen LogP contribution in [0.1, 0.15) is 105 Å². The van der Waals surface area contributed by atoms with Crippen molar-refractivity contribution in [1.29, 1.82) is 0 Å². The van der Waals surface area contributed by atoms with Crippen molar-refractivity contribution in [2.45, 2.75) is 147 Å². The molecule has 56 heavy (non-hydrogen) atoms. The van der Waals surface area contributed by atoms with Gasteiger partial charge in [0.05, 0.1) is 24.3 Å². The summed E-state index contributed by atoms with van der Waals surface area (Å²) in [6.45, 7) is 8.68. The summed E-state index contributed by atoms with van der Waals surface area (Å²) in [5, 5.41) is 10.7. The van der Waals surface area contributed by atoms with E-state index in [1.807, 2.05) is 26.0 Å². The average Bonchev–Trinajstić information content (AvgIpc) is 3.82. The summed E-state index contributed by atoms with van der Waals surface area (Å²) in [4.78, 5) is 97.9. The quantitative estimate of drug-likeness (QED) is 0.192. The Labute approximate surface area is 330 Å². The second-order valence-electron chi connectivity index (χ2n) is 17.9. The summed E-state index contributed by atoms with van der Waals surface area (Å²) in [6.07, 6.45) is 12.7. The largest absolute Gasteiger partial charge is 0.444 e. The molecule has 2 saturated carbocycles. The third-order valence-electron chi connectivity index (χ3n) is 11.3. The molecule has 6 atom stereocenters. The number of hydrogen-bond donors (Lipinski definition) is 4. The maximum atomic E-state index is 14.6. The van der Waals surface area contributed by atoms with Crippen LogP contribution in [0.15, 0.2) is 23.8 Å². The minimum absolute atomic E-state index is 0.130. The molecule has 15 heteroatoms. The number of Topliss-reactive ketones (excluding diaryl/α,β-unsaturated/α-hetero) is 1. The summed E-state index contributed by atoms with van der Waals surface area (Å²) in [5.41, 5.74) is -0.695. The maximum absolute atomic E-state index is 14.6. The first kappa shape index (κ1) is 42.9. The molecule has 3 aliphatic carbocycles. The lowest BCUT2D eigenvalue weighted by Crippen LogP contribution is -2.59. The van der Waals surface area contributed by atoms with Gasteiger partial charge in [-0.1, -0.05) is 50.3 Å². The molecule has 0 aromatic rings. The van der Waals surface area contributed by atoms with Gasteiger partial charge in [0.15, 0.2) is 0 Å². The monoisotopic (exact) mass is 782 g/mol. The molecule has 6 amide bonds. The Bertz CT molecular complexity index is 1590. The third kappa shape index (κ3) is 11.2. The smallest absolute Gasteiger partial charge is 0.408 e. The molecule has 5 aliphatic rings. The molecule has 4 N–H and O–H groups in total. The predicted octanol–water partition coefficient (Wildman–Crippen LogP) is 2.67. The minimum atomic E-state index is -1.20. The number of hydrogen-bond acceptors (Lipinski definition) is 9. The summed E-state index contributed by atoms with van der Waals surface area (Å²) in [7, 11) is 3.17. The number of allylic oxidation sites excluding steroid dienone is 2. The number of ketones is 1. The van der Waals surface area contributed by atoms with E-state index in [1.165, 1.54) is 9.80 Å². The number of fused-ring (bicyclic) bond motifs is 1. The summed E-state index contributed by atoms with van der Waals surface area (Å²) in [6, 6.07) is -4.09. The normalized spacial score (nSPS) is 24.8. The van der Waals surface area contributed by atoms with Gasteiger partial charge < -0.3 is 40.5 Å². The molecule has 0 radical (unpaired) electrons.